The van der Waals surface area contributed by atoms with Crippen molar-refractivity contribution in [1.29, 1.82) is 0 Å². The van der Waals surface area contributed by atoms with E-state index in [0.29, 0.717) is 0 Å². The Hall–Kier alpha value is -1.63. The maximum atomic E-state index is 13.0. The third-order valence-corrected chi connectivity index (χ3v) is 3.99. The van der Waals surface area contributed by atoms with Gasteiger partial charge in [-0.15, -0.1) is 0 Å². The van der Waals surface area contributed by atoms with Crippen LogP contribution in [0, 0.1) is 5.82 Å². The molecule has 1 aliphatic carbocycles. The largest absolute Gasteiger partial charge is 0.207 e. The third-order valence-electron chi connectivity index (χ3n) is 3.99. The van der Waals surface area contributed by atoms with E-state index < -0.39 is 0 Å². The van der Waals surface area contributed by atoms with Gasteiger partial charge in [-0.05, 0) is 41.7 Å². The third kappa shape index (κ3) is 1.57. The number of rotatable bonds is 1. The van der Waals surface area contributed by atoms with Crippen LogP contribution in [-0.4, -0.2) is 0 Å². The summed E-state index contributed by atoms with van der Waals surface area (Å²) < 4.78 is 13.0. The van der Waals surface area contributed by atoms with Crippen molar-refractivity contribution < 1.29 is 4.39 Å². The van der Waals surface area contributed by atoms with E-state index in [9.17, 15) is 4.39 Å². The van der Waals surface area contributed by atoms with Crippen LogP contribution in [0.3, 0.4) is 0 Å². The fraction of sp³-hybridized carbons (Fsp3) is 0.250. The molecule has 3 rings (SSSR count). The van der Waals surface area contributed by atoms with Gasteiger partial charge in [-0.25, -0.2) is 4.39 Å². The predicted molar refractivity (Wildman–Crippen MR) is 67.6 cm³/mol. The first-order chi connectivity index (χ1) is 8.20. The highest BCUT2D eigenvalue weighted by atomic mass is 19.1. The van der Waals surface area contributed by atoms with Crippen molar-refractivity contribution in [2.24, 2.45) is 0 Å². The molecule has 0 bridgehead atoms. The van der Waals surface area contributed by atoms with E-state index in [1.54, 1.807) is 12.1 Å². The summed E-state index contributed by atoms with van der Waals surface area (Å²) in [7, 11) is 0. The fourth-order valence-corrected chi connectivity index (χ4v) is 2.91. The highest BCUT2D eigenvalue weighted by molar-refractivity contribution is 5.46. The number of fused-ring (bicyclic) bond motifs is 1. The smallest absolute Gasteiger partial charge is 0.123 e. The average molecular weight is 226 g/mol. The molecule has 0 aliphatic heterocycles. The Kier molecular flexibility index (Phi) is 2.29. The zero-order valence-corrected chi connectivity index (χ0v) is 9.91. The van der Waals surface area contributed by atoms with E-state index in [1.165, 1.54) is 16.7 Å². The number of benzene rings is 2. The SMILES string of the molecule is C[C@@]1(c2ccc(F)cc2)CCc2ccccc21. The summed E-state index contributed by atoms with van der Waals surface area (Å²) in [6.45, 7) is 2.26. The van der Waals surface area contributed by atoms with Crippen LogP contribution in [0.4, 0.5) is 4.39 Å². The zero-order valence-electron chi connectivity index (χ0n) is 9.91. The Morgan fingerprint density at radius 3 is 2.47 bits per heavy atom. The lowest BCUT2D eigenvalue weighted by molar-refractivity contribution is 0.562. The first kappa shape index (κ1) is 10.5. The zero-order chi connectivity index (χ0) is 11.9. The fourth-order valence-electron chi connectivity index (χ4n) is 2.91. The number of hydrogen-bond acceptors (Lipinski definition) is 0. The normalized spacial score (nSPS) is 22.5. The van der Waals surface area contributed by atoms with E-state index in [-0.39, 0.29) is 11.2 Å². The molecule has 0 fully saturated rings. The Morgan fingerprint density at radius 1 is 1.00 bits per heavy atom. The number of halogens is 1. The van der Waals surface area contributed by atoms with Crippen LogP contribution < -0.4 is 0 Å². The van der Waals surface area contributed by atoms with Gasteiger partial charge >= 0.3 is 0 Å². The maximum Gasteiger partial charge on any atom is 0.123 e. The standard InChI is InChI=1S/C16H15F/c1-16(13-6-8-14(17)9-7-13)11-10-12-4-2-3-5-15(12)16/h2-9H,10-11H2,1H3/t16-/m0/s1. The molecular weight excluding hydrogens is 211 g/mol. The summed E-state index contributed by atoms with van der Waals surface area (Å²) in [5, 5.41) is 0. The lowest BCUT2D eigenvalue weighted by atomic mass is 9.77. The summed E-state index contributed by atoms with van der Waals surface area (Å²) in [6, 6.07) is 15.5. The molecule has 0 nitrogen and oxygen atoms in total. The van der Waals surface area contributed by atoms with Crippen LogP contribution in [0.2, 0.25) is 0 Å². The van der Waals surface area contributed by atoms with Crippen LogP contribution >= 0.6 is 0 Å². The lowest BCUT2D eigenvalue weighted by Crippen LogP contribution is -2.19. The van der Waals surface area contributed by atoms with Crippen LogP contribution in [-0.2, 0) is 11.8 Å². The second-order valence-corrected chi connectivity index (χ2v) is 5.00. The molecule has 0 unspecified atom stereocenters. The lowest BCUT2D eigenvalue weighted by Gasteiger charge is -2.26. The summed E-state index contributed by atoms with van der Waals surface area (Å²) in [6.07, 6.45) is 2.22. The Morgan fingerprint density at radius 2 is 1.71 bits per heavy atom. The molecule has 0 spiro atoms. The van der Waals surface area contributed by atoms with Crippen molar-refractivity contribution in [2.45, 2.75) is 25.2 Å². The maximum absolute atomic E-state index is 13.0. The summed E-state index contributed by atoms with van der Waals surface area (Å²) >= 11 is 0. The van der Waals surface area contributed by atoms with Crippen molar-refractivity contribution in [3.05, 3.63) is 71.0 Å². The quantitative estimate of drug-likeness (QED) is 0.687. The molecule has 0 heterocycles. The van der Waals surface area contributed by atoms with Crippen LogP contribution in [0.1, 0.15) is 30.0 Å². The molecular formula is C16H15F. The minimum Gasteiger partial charge on any atom is -0.207 e. The second kappa shape index (κ2) is 3.69. The predicted octanol–water partition coefficient (Wildman–Crippen LogP) is 4.08. The first-order valence-electron chi connectivity index (χ1n) is 6.04. The highest BCUT2D eigenvalue weighted by Gasteiger charge is 2.35. The summed E-state index contributed by atoms with van der Waals surface area (Å²) in [5.74, 6) is -0.163. The molecule has 1 atom stereocenters. The van der Waals surface area contributed by atoms with Crippen LogP contribution in [0.5, 0.6) is 0 Å². The number of aryl methyl sites for hydroxylation is 1. The van der Waals surface area contributed by atoms with E-state index in [4.69, 9.17) is 0 Å². The molecule has 2 aromatic rings. The van der Waals surface area contributed by atoms with E-state index in [0.717, 1.165) is 12.8 Å². The molecule has 0 saturated carbocycles. The van der Waals surface area contributed by atoms with Crippen molar-refractivity contribution >= 4 is 0 Å². The molecule has 1 aliphatic rings. The monoisotopic (exact) mass is 226 g/mol. The van der Waals surface area contributed by atoms with Gasteiger partial charge in [-0.2, -0.15) is 0 Å². The Labute approximate surface area is 101 Å². The van der Waals surface area contributed by atoms with Gasteiger partial charge in [0.15, 0.2) is 0 Å². The molecule has 1 heteroatoms. The van der Waals surface area contributed by atoms with Crippen LogP contribution in [0.15, 0.2) is 48.5 Å². The van der Waals surface area contributed by atoms with Gasteiger partial charge in [0.05, 0.1) is 0 Å². The molecule has 17 heavy (non-hydrogen) atoms. The highest BCUT2D eigenvalue weighted by Crippen LogP contribution is 2.43. The van der Waals surface area contributed by atoms with Crippen molar-refractivity contribution in [3.8, 4) is 0 Å². The molecule has 0 radical (unpaired) electrons. The minimum atomic E-state index is -0.163. The van der Waals surface area contributed by atoms with Gasteiger partial charge in [-0.1, -0.05) is 43.3 Å². The minimum absolute atomic E-state index is 0.0459. The molecule has 2 aromatic carbocycles. The molecule has 0 N–H and O–H groups in total. The van der Waals surface area contributed by atoms with Gasteiger partial charge in [0.1, 0.15) is 5.82 Å². The van der Waals surface area contributed by atoms with E-state index in [2.05, 4.69) is 31.2 Å². The van der Waals surface area contributed by atoms with Crippen molar-refractivity contribution in [1.82, 2.24) is 0 Å². The van der Waals surface area contributed by atoms with Gasteiger partial charge < -0.3 is 0 Å². The van der Waals surface area contributed by atoms with E-state index >= 15 is 0 Å². The Bertz CT molecular complexity index is 542. The second-order valence-electron chi connectivity index (χ2n) is 5.00. The van der Waals surface area contributed by atoms with Gasteiger partial charge in [-0.3, -0.25) is 0 Å². The molecule has 0 saturated heterocycles. The van der Waals surface area contributed by atoms with Gasteiger partial charge in [0.2, 0.25) is 0 Å². The summed E-state index contributed by atoms with van der Waals surface area (Å²) in [4.78, 5) is 0. The first-order valence-corrected chi connectivity index (χ1v) is 6.04. The van der Waals surface area contributed by atoms with Crippen molar-refractivity contribution in [3.63, 3.8) is 0 Å². The summed E-state index contributed by atoms with van der Waals surface area (Å²) in [5.41, 5.74) is 4.08. The average Bonchev–Trinajstić information content (AvgIpc) is 2.70. The molecule has 0 aromatic heterocycles. The molecule has 0 amide bonds. The Balaban J connectivity index is 2.12. The van der Waals surface area contributed by atoms with Crippen molar-refractivity contribution in [2.75, 3.05) is 0 Å². The topological polar surface area (TPSA) is 0 Å². The van der Waals surface area contributed by atoms with Gasteiger partial charge in [0.25, 0.3) is 0 Å². The van der Waals surface area contributed by atoms with Crippen LogP contribution in [0.25, 0.3) is 0 Å². The molecule has 86 valence electrons. The van der Waals surface area contributed by atoms with E-state index in [1.807, 2.05) is 12.1 Å². The van der Waals surface area contributed by atoms with Gasteiger partial charge in [0, 0.05) is 5.41 Å². The number of hydrogen-bond donors (Lipinski definition) is 0.